The molecule has 25 heavy (non-hydrogen) atoms. The maximum atomic E-state index is 11.1. The highest BCUT2D eigenvalue weighted by atomic mass is 16.4. The average Bonchev–Trinajstić information content (AvgIpc) is 3.08. The van der Waals surface area contributed by atoms with E-state index >= 15 is 0 Å². The van der Waals surface area contributed by atoms with E-state index in [1.165, 1.54) is 16.7 Å². The summed E-state index contributed by atoms with van der Waals surface area (Å²) in [5.41, 5.74) is 6.00. The SMILES string of the molecule is O=C(O)c1ccc(-n2ncc3c2/C(=C/c2ccccc2)CCC3)cc1. The molecule has 0 amide bonds. The molecule has 1 heterocycles. The number of carboxylic acid groups (broad SMARTS) is 1. The summed E-state index contributed by atoms with van der Waals surface area (Å²) in [7, 11) is 0. The summed E-state index contributed by atoms with van der Waals surface area (Å²) in [6, 6.07) is 17.2. The molecule has 0 atom stereocenters. The zero-order valence-electron chi connectivity index (χ0n) is 13.7. The summed E-state index contributed by atoms with van der Waals surface area (Å²) < 4.78 is 1.93. The van der Waals surface area contributed by atoms with Gasteiger partial charge in [0.05, 0.1) is 23.1 Å². The molecule has 1 aliphatic carbocycles. The molecular formula is C21H18N2O2. The van der Waals surface area contributed by atoms with E-state index in [0.29, 0.717) is 0 Å². The van der Waals surface area contributed by atoms with Gasteiger partial charge in [-0.3, -0.25) is 0 Å². The van der Waals surface area contributed by atoms with E-state index in [2.05, 4.69) is 23.3 Å². The van der Waals surface area contributed by atoms with Crippen LogP contribution in [0.3, 0.4) is 0 Å². The molecule has 4 rings (SSSR count). The Hall–Kier alpha value is -3.14. The molecule has 0 saturated carbocycles. The quantitative estimate of drug-likeness (QED) is 0.772. The maximum Gasteiger partial charge on any atom is 0.335 e. The predicted octanol–water partition coefficient (Wildman–Crippen LogP) is 4.45. The third-order valence-corrected chi connectivity index (χ3v) is 4.54. The predicted molar refractivity (Wildman–Crippen MR) is 97.8 cm³/mol. The lowest BCUT2D eigenvalue weighted by Gasteiger charge is -2.18. The Bertz CT molecular complexity index is 938. The fraction of sp³-hybridized carbons (Fsp3) is 0.143. The van der Waals surface area contributed by atoms with Crippen LogP contribution in [0.1, 0.15) is 40.0 Å². The van der Waals surface area contributed by atoms with Gasteiger partial charge in [0.1, 0.15) is 0 Å². The van der Waals surface area contributed by atoms with Gasteiger partial charge in [-0.1, -0.05) is 30.3 Å². The van der Waals surface area contributed by atoms with Crippen molar-refractivity contribution >= 4 is 17.6 Å². The smallest absolute Gasteiger partial charge is 0.335 e. The third kappa shape index (κ3) is 2.98. The number of hydrogen-bond acceptors (Lipinski definition) is 2. The molecule has 0 bridgehead atoms. The lowest BCUT2D eigenvalue weighted by molar-refractivity contribution is 0.0697. The number of aromatic carboxylic acids is 1. The van der Waals surface area contributed by atoms with E-state index < -0.39 is 5.97 Å². The van der Waals surface area contributed by atoms with Crippen LogP contribution in [0.2, 0.25) is 0 Å². The summed E-state index contributed by atoms with van der Waals surface area (Å²) in [6.45, 7) is 0. The van der Waals surface area contributed by atoms with Crippen molar-refractivity contribution < 1.29 is 9.90 Å². The Balaban J connectivity index is 1.78. The van der Waals surface area contributed by atoms with Gasteiger partial charge < -0.3 is 5.11 Å². The molecule has 0 saturated heterocycles. The minimum atomic E-state index is -0.918. The lowest BCUT2D eigenvalue weighted by atomic mass is 9.91. The van der Waals surface area contributed by atoms with Gasteiger partial charge in [0.15, 0.2) is 0 Å². The Morgan fingerprint density at radius 3 is 2.52 bits per heavy atom. The number of fused-ring (bicyclic) bond motifs is 1. The zero-order valence-corrected chi connectivity index (χ0v) is 13.7. The number of carboxylic acids is 1. The number of hydrogen-bond donors (Lipinski definition) is 1. The summed E-state index contributed by atoms with van der Waals surface area (Å²) in [5.74, 6) is -0.918. The van der Waals surface area contributed by atoms with Gasteiger partial charge >= 0.3 is 5.97 Å². The molecule has 2 aromatic carbocycles. The van der Waals surface area contributed by atoms with Crippen molar-refractivity contribution in [2.75, 3.05) is 0 Å². The molecule has 3 aromatic rings. The minimum absolute atomic E-state index is 0.282. The number of aryl methyl sites for hydroxylation is 1. The van der Waals surface area contributed by atoms with E-state index in [1.54, 1.807) is 12.1 Å². The van der Waals surface area contributed by atoms with Crippen molar-refractivity contribution in [1.82, 2.24) is 9.78 Å². The molecular weight excluding hydrogens is 312 g/mol. The van der Waals surface area contributed by atoms with Gasteiger partial charge in [0.25, 0.3) is 0 Å². The Morgan fingerprint density at radius 2 is 1.80 bits per heavy atom. The van der Waals surface area contributed by atoms with Crippen LogP contribution >= 0.6 is 0 Å². The largest absolute Gasteiger partial charge is 0.478 e. The second-order valence-corrected chi connectivity index (χ2v) is 6.22. The fourth-order valence-electron chi connectivity index (χ4n) is 3.33. The molecule has 0 fully saturated rings. The molecule has 1 aromatic heterocycles. The molecule has 1 aliphatic rings. The Kier molecular flexibility index (Phi) is 3.94. The van der Waals surface area contributed by atoms with Gasteiger partial charge in [0, 0.05) is 0 Å². The minimum Gasteiger partial charge on any atom is -0.478 e. The monoisotopic (exact) mass is 330 g/mol. The van der Waals surface area contributed by atoms with Gasteiger partial charge in [-0.05, 0) is 66.3 Å². The number of nitrogens with zero attached hydrogens (tertiary/aromatic N) is 2. The number of rotatable bonds is 3. The molecule has 1 N–H and O–H groups in total. The summed E-state index contributed by atoms with van der Waals surface area (Å²) in [4.78, 5) is 11.1. The van der Waals surface area contributed by atoms with Crippen LogP contribution in [-0.4, -0.2) is 20.9 Å². The van der Waals surface area contributed by atoms with Crippen molar-refractivity contribution in [3.05, 3.63) is 83.2 Å². The molecule has 0 unspecified atom stereocenters. The fourth-order valence-corrected chi connectivity index (χ4v) is 3.33. The van der Waals surface area contributed by atoms with Crippen molar-refractivity contribution in [3.63, 3.8) is 0 Å². The number of benzene rings is 2. The van der Waals surface area contributed by atoms with Gasteiger partial charge in [-0.15, -0.1) is 0 Å². The topological polar surface area (TPSA) is 55.1 Å². The van der Waals surface area contributed by atoms with Gasteiger partial charge in [-0.25, -0.2) is 9.48 Å². The summed E-state index contributed by atoms with van der Waals surface area (Å²) in [5, 5.41) is 13.6. The second-order valence-electron chi connectivity index (χ2n) is 6.22. The summed E-state index contributed by atoms with van der Waals surface area (Å²) in [6.07, 6.45) is 7.31. The zero-order chi connectivity index (χ0) is 17.2. The summed E-state index contributed by atoms with van der Waals surface area (Å²) >= 11 is 0. The molecule has 124 valence electrons. The van der Waals surface area contributed by atoms with Crippen LogP contribution in [0.25, 0.3) is 17.3 Å². The maximum absolute atomic E-state index is 11.1. The normalized spacial score (nSPS) is 15.1. The van der Waals surface area contributed by atoms with Crippen LogP contribution < -0.4 is 0 Å². The van der Waals surface area contributed by atoms with Crippen molar-refractivity contribution in [1.29, 1.82) is 0 Å². The standard InChI is InChI=1S/C21H18N2O2/c24-21(25)16-9-11-19(12-10-16)23-20-17(7-4-8-18(20)14-22-23)13-15-5-2-1-3-6-15/h1-3,5-6,9-14H,4,7-8H2,(H,24,25)/b17-13+. The van der Waals surface area contributed by atoms with E-state index in [9.17, 15) is 4.79 Å². The molecule has 4 heteroatoms. The highest BCUT2D eigenvalue weighted by molar-refractivity contribution is 5.88. The van der Waals surface area contributed by atoms with Crippen molar-refractivity contribution in [3.8, 4) is 5.69 Å². The first-order valence-corrected chi connectivity index (χ1v) is 8.39. The van der Waals surface area contributed by atoms with Gasteiger partial charge in [-0.2, -0.15) is 5.10 Å². The van der Waals surface area contributed by atoms with E-state index in [4.69, 9.17) is 5.11 Å². The highest BCUT2D eigenvalue weighted by Crippen LogP contribution is 2.33. The molecule has 4 nitrogen and oxygen atoms in total. The number of aromatic nitrogens is 2. The van der Waals surface area contributed by atoms with Crippen LogP contribution in [0.5, 0.6) is 0 Å². The molecule has 0 spiro atoms. The molecule has 0 radical (unpaired) electrons. The van der Waals surface area contributed by atoms with Gasteiger partial charge in [0.2, 0.25) is 0 Å². The molecule has 0 aliphatic heterocycles. The first-order chi connectivity index (χ1) is 12.2. The average molecular weight is 330 g/mol. The lowest BCUT2D eigenvalue weighted by Crippen LogP contribution is -2.07. The van der Waals surface area contributed by atoms with E-state index in [-0.39, 0.29) is 5.56 Å². The van der Waals surface area contributed by atoms with Crippen molar-refractivity contribution in [2.24, 2.45) is 0 Å². The van der Waals surface area contributed by atoms with Crippen LogP contribution in [-0.2, 0) is 6.42 Å². The van der Waals surface area contributed by atoms with Crippen molar-refractivity contribution in [2.45, 2.75) is 19.3 Å². The van der Waals surface area contributed by atoms with Crippen LogP contribution in [0.15, 0.2) is 60.8 Å². The highest BCUT2D eigenvalue weighted by Gasteiger charge is 2.20. The van der Waals surface area contributed by atoms with Crippen LogP contribution in [0.4, 0.5) is 0 Å². The van der Waals surface area contributed by atoms with E-state index in [0.717, 1.165) is 30.6 Å². The Labute approximate surface area is 146 Å². The third-order valence-electron chi connectivity index (χ3n) is 4.54. The Morgan fingerprint density at radius 1 is 1.04 bits per heavy atom. The second kappa shape index (κ2) is 6.40. The first-order valence-electron chi connectivity index (χ1n) is 8.39. The number of carbonyl (C=O) groups is 1. The number of allylic oxidation sites excluding steroid dienone is 1. The first kappa shape index (κ1) is 15.4. The van der Waals surface area contributed by atoms with Crippen LogP contribution in [0, 0.1) is 0 Å². The van der Waals surface area contributed by atoms with E-state index in [1.807, 2.05) is 41.2 Å².